The Morgan fingerprint density at radius 2 is 0.896 bits per heavy atom. The van der Waals surface area contributed by atoms with Crippen LogP contribution in [0.4, 0.5) is 40.7 Å². The van der Waals surface area contributed by atoms with Crippen LogP contribution in [0.5, 0.6) is 5.88 Å². The molecule has 33 heteroatoms. The Hall–Kier alpha value is -7.81. The number of ether oxygens (including phenoxy) is 1. The van der Waals surface area contributed by atoms with Crippen LogP contribution in [-0.2, 0) is 30.1 Å². The molecule has 0 radical (unpaired) electrons. The fraction of sp³-hybridized carbons (Fsp3) is 0.227. The van der Waals surface area contributed by atoms with Crippen molar-refractivity contribution < 1.29 is 44.3 Å². The number of aromatic amines is 3. The number of H-pyrrole nitrogens is 3. The lowest BCUT2D eigenvalue weighted by atomic mass is 10.3. The zero-order valence-electron chi connectivity index (χ0n) is 40.0. The standard InChI is InChI=1S/C15H13N7O2S2.C15H16N6O3S2.C14H15N7O2S2.10H2/c16-7-9-5-12(19-13-6-10(21-22-13)8-1-2-8)20-15(18-9)11-3-4-14(25-11)26(17,23)24;1-24-13-7-11(17-12-6-9(20-21-12)8-2-3-8)18-15(19-13)10-4-5-14(25-10)26(16,22)23;15-10-6-11(18-12-5-8(20-21-12)7-1-2-7)19-14(17-10)9-3-4-13(24-9)25(16,22)23;;;;;;;;;;/h3-6,8H,1-2H2,(H2,17,23,24)(H2,18,19,20,21,22);4-8H,2-3H2,1H3,(H2,16,22,23)(H2,17,18,19,20,21);3-7H,1-2H2,(H2,16,22,23)(H4,15,17,18,19,20,21);10*1H. The number of nitrogens with one attached hydrogen (secondary N) is 6. The van der Waals surface area contributed by atoms with Gasteiger partial charge in [0.25, 0.3) is 0 Å². The zero-order valence-corrected chi connectivity index (χ0v) is 44.9. The van der Waals surface area contributed by atoms with Gasteiger partial charge in [-0.05, 0) is 74.9 Å². The minimum absolute atomic E-state index is 0. The summed E-state index contributed by atoms with van der Waals surface area (Å²) in [6.07, 6.45) is 7.02. The van der Waals surface area contributed by atoms with Crippen LogP contribution in [0.1, 0.15) is 93.3 Å². The molecule has 9 aromatic heterocycles. The number of hydrogen-bond donors (Lipinski definition) is 10. The summed E-state index contributed by atoms with van der Waals surface area (Å²) in [4.78, 5) is 27.4. The Morgan fingerprint density at radius 3 is 1.25 bits per heavy atom. The van der Waals surface area contributed by atoms with Crippen LogP contribution < -0.4 is 41.8 Å². The van der Waals surface area contributed by atoms with E-state index in [4.69, 9.17) is 25.9 Å². The number of nitrogens with zero attached hydrogens (tertiary/aromatic N) is 10. The smallest absolute Gasteiger partial charge is 0.247 e. The van der Waals surface area contributed by atoms with E-state index in [-0.39, 0.29) is 44.2 Å². The van der Waals surface area contributed by atoms with E-state index in [1.165, 1.54) is 57.1 Å². The third kappa shape index (κ3) is 13.4. The number of nitriles is 1. The number of methoxy groups -OCH3 is 1. The molecule has 3 saturated carbocycles. The maximum atomic E-state index is 11.5. The number of sulfonamides is 3. The molecule has 418 valence electrons. The molecule has 0 spiro atoms. The van der Waals surface area contributed by atoms with Gasteiger partial charge in [-0.25, -0.2) is 65.6 Å². The molecule has 77 heavy (non-hydrogen) atoms. The summed E-state index contributed by atoms with van der Waals surface area (Å²) in [7, 11) is -9.81. The number of thiophene rings is 3. The van der Waals surface area contributed by atoms with E-state index in [1.54, 1.807) is 30.3 Å². The van der Waals surface area contributed by atoms with Crippen molar-refractivity contribution in [3.05, 3.63) is 95.6 Å². The second kappa shape index (κ2) is 21.3. The molecule has 0 aliphatic heterocycles. The lowest BCUT2D eigenvalue weighted by Gasteiger charge is -2.06. The second-order valence-electron chi connectivity index (χ2n) is 17.5. The van der Waals surface area contributed by atoms with Crippen LogP contribution in [0.25, 0.3) is 32.1 Å². The molecule has 9 heterocycles. The van der Waals surface area contributed by atoms with E-state index < -0.39 is 30.1 Å². The van der Waals surface area contributed by atoms with Crippen molar-refractivity contribution in [3.8, 4) is 44.1 Å². The number of primary sulfonamides is 3. The first-order chi connectivity index (χ1) is 36.7. The normalized spacial score (nSPS) is 14.4. The molecule has 0 bridgehead atoms. The number of rotatable bonds is 16. The lowest BCUT2D eigenvalue weighted by molar-refractivity contribution is 0.398. The summed E-state index contributed by atoms with van der Waals surface area (Å²) in [5.74, 6) is 6.42. The van der Waals surface area contributed by atoms with Gasteiger partial charge in [0.1, 0.15) is 47.7 Å². The molecule has 9 aromatic rings. The quantitative estimate of drug-likeness (QED) is 0.0433. The van der Waals surface area contributed by atoms with Crippen molar-refractivity contribution in [2.75, 3.05) is 28.8 Å². The Bertz CT molecular complexity index is 4080. The Morgan fingerprint density at radius 1 is 0.532 bits per heavy atom. The summed E-state index contributed by atoms with van der Waals surface area (Å²) in [5.41, 5.74) is 9.27. The fourth-order valence-electron chi connectivity index (χ4n) is 7.21. The maximum Gasteiger partial charge on any atom is 0.247 e. The van der Waals surface area contributed by atoms with Gasteiger partial charge in [-0.2, -0.15) is 25.5 Å². The molecule has 0 unspecified atom stereocenters. The predicted molar refractivity (Wildman–Crippen MR) is 309 cm³/mol. The van der Waals surface area contributed by atoms with Crippen molar-refractivity contribution in [2.45, 2.75) is 68.9 Å². The summed E-state index contributed by atoms with van der Waals surface area (Å²) in [6, 6.07) is 21.5. The molecule has 0 atom stereocenters. The molecule has 3 aliphatic carbocycles. The number of aromatic nitrogens is 12. The molecule has 3 fully saturated rings. The predicted octanol–water partition coefficient (Wildman–Crippen LogP) is 8.51. The Labute approximate surface area is 465 Å². The fourth-order valence-corrected chi connectivity index (χ4v) is 12.2. The van der Waals surface area contributed by atoms with E-state index >= 15 is 0 Å². The van der Waals surface area contributed by atoms with Gasteiger partial charge < -0.3 is 26.4 Å². The first-order valence-electron chi connectivity index (χ1n) is 23.0. The summed E-state index contributed by atoms with van der Waals surface area (Å²) >= 11 is 2.94. The van der Waals surface area contributed by atoms with Crippen LogP contribution in [-0.4, -0.2) is 92.9 Å². The average molecular weight is 1180 g/mol. The highest BCUT2D eigenvalue weighted by atomic mass is 32.3. The third-order valence-corrected chi connectivity index (χ3v) is 18.9. The molecular formula is C44H64N20O7S6. The Balaban J connectivity index is 0.00000121. The van der Waals surface area contributed by atoms with Crippen molar-refractivity contribution in [1.29, 1.82) is 5.26 Å². The molecule has 14 N–H and O–H groups in total. The van der Waals surface area contributed by atoms with E-state index in [0.29, 0.717) is 84.8 Å². The second-order valence-corrected chi connectivity index (χ2v) is 26.1. The van der Waals surface area contributed by atoms with E-state index in [9.17, 15) is 30.5 Å². The van der Waals surface area contributed by atoms with Crippen LogP contribution in [0, 0.1) is 11.3 Å². The van der Waals surface area contributed by atoms with Crippen molar-refractivity contribution >= 4 is 105 Å². The Kier molecular flexibility index (Phi) is 14.6. The number of nitrogen functional groups attached to an aromatic ring is 1. The van der Waals surface area contributed by atoms with Crippen molar-refractivity contribution in [3.63, 3.8) is 0 Å². The molecule has 0 amide bonds. The first-order valence-corrected chi connectivity index (χ1v) is 30.0. The van der Waals surface area contributed by atoms with Crippen LogP contribution >= 0.6 is 34.0 Å². The van der Waals surface area contributed by atoms with Crippen LogP contribution in [0.2, 0.25) is 0 Å². The highest BCUT2D eigenvalue weighted by molar-refractivity contribution is 7.92. The van der Waals surface area contributed by atoms with Gasteiger partial charge >= 0.3 is 0 Å². The van der Waals surface area contributed by atoms with Gasteiger partial charge in [-0.3, -0.25) is 15.3 Å². The van der Waals surface area contributed by atoms with Crippen LogP contribution in [0.3, 0.4) is 0 Å². The molecule has 0 aromatic carbocycles. The maximum absolute atomic E-state index is 11.5. The molecule has 12 rings (SSSR count). The zero-order chi connectivity index (χ0) is 54.2. The lowest BCUT2D eigenvalue weighted by Crippen LogP contribution is -2.09. The van der Waals surface area contributed by atoms with Gasteiger partial charge in [-0.1, -0.05) is 0 Å². The monoisotopic (exact) mass is 1180 g/mol. The minimum Gasteiger partial charge on any atom is -0.481 e. The average Bonchev–Trinajstić information content (AvgIpc) is 4.42. The van der Waals surface area contributed by atoms with Gasteiger partial charge in [0.05, 0.1) is 21.7 Å². The van der Waals surface area contributed by atoms with Gasteiger partial charge in [0.2, 0.25) is 35.9 Å². The molecular weight excluding hydrogens is 1110 g/mol. The first kappa shape index (κ1) is 52.6. The summed E-state index contributed by atoms with van der Waals surface area (Å²) < 4.78 is 74.0. The number of anilines is 7. The van der Waals surface area contributed by atoms with Gasteiger partial charge in [0, 0.05) is 85.5 Å². The third-order valence-electron chi connectivity index (χ3n) is 11.4. The largest absolute Gasteiger partial charge is 0.481 e. The molecule has 27 nitrogen and oxygen atoms in total. The van der Waals surface area contributed by atoms with Crippen LogP contribution in [0.15, 0.2) is 85.4 Å². The van der Waals surface area contributed by atoms with E-state index in [0.717, 1.165) is 63.9 Å². The SMILES string of the molecule is COc1cc(Nc2cc(C3CC3)[nH]n2)nc(-c2ccc(S(N)(=O)=O)s2)n1.N#Cc1cc(Nc2cc(C3CC3)[nH]n2)nc(-c2ccc(S(N)(=O)=O)s2)n1.Nc1cc(Nc2cc(C3CC3)[nH]n2)nc(-c2ccc(S(N)(=O)=O)s2)n1.[HH].[HH].[HH].[HH].[HH].[HH].[HH].[HH].[HH].[HH]. The highest BCUT2D eigenvalue weighted by Gasteiger charge is 2.28. The summed E-state index contributed by atoms with van der Waals surface area (Å²) in [6.45, 7) is 0. The topological polar surface area (TPSA) is 439 Å². The van der Waals surface area contributed by atoms with E-state index in [2.05, 4.69) is 76.4 Å². The van der Waals surface area contributed by atoms with E-state index in [1.807, 2.05) is 24.3 Å². The van der Waals surface area contributed by atoms with Gasteiger partial charge in [-0.15, -0.1) is 34.0 Å². The number of hydrogen-bond acceptors (Lipinski definition) is 24. The van der Waals surface area contributed by atoms with Crippen molar-refractivity contribution in [2.24, 2.45) is 15.4 Å². The molecule has 0 saturated heterocycles. The highest BCUT2D eigenvalue weighted by Crippen LogP contribution is 2.42. The van der Waals surface area contributed by atoms with Gasteiger partial charge in [0.15, 0.2) is 34.9 Å². The molecule has 3 aliphatic rings. The van der Waals surface area contributed by atoms with Crippen molar-refractivity contribution in [1.82, 2.24) is 60.5 Å². The minimum atomic E-state index is -3.80. The number of nitrogens with two attached hydrogens (primary N) is 4. The summed E-state index contributed by atoms with van der Waals surface area (Å²) in [5, 5.41) is 55.5.